The summed E-state index contributed by atoms with van der Waals surface area (Å²) >= 11 is 0. The van der Waals surface area contributed by atoms with Crippen molar-refractivity contribution >= 4 is 10.0 Å². The summed E-state index contributed by atoms with van der Waals surface area (Å²) in [6.45, 7) is 4.71. The van der Waals surface area contributed by atoms with Crippen molar-refractivity contribution in [3.05, 3.63) is 0 Å². The molecule has 0 radical (unpaired) electrons. The molecule has 0 aromatic rings. The molecule has 0 aromatic carbocycles. The monoisotopic (exact) mass is 208 g/mol. The van der Waals surface area contributed by atoms with Crippen LogP contribution in [0.25, 0.3) is 0 Å². The molecule has 0 atom stereocenters. The van der Waals surface area contributed by atoms with Gasteiger partial charge in [0.05, 0.1) is 5.75 Å². The molecule has 2 N–H and O–H groups in total. The van der Waals surface area contributed by atoms with E-state index in [4.69, 9.17) is 0 Å². The largest absolute Gasteiger partial charge is 0.313 e. The second kappa shape index (κ2) is 6.34. The number of rotatable bonds is 7. The van der Waals surface area contributed by atoms with E-state index in [1.54, 1.807) is 0 Å². The highest BCUT2D eigenvalue weighted by molar-refractivity contribution is 7.89. The van der Waals surface area contributed by atoms with Gasteiger partial charge < -0.3 is 5.32 Å². The molecule has 0 saturated heterocycles. The van der Waals surface area contributed by atoms with Crippen LogP contribution in [0.1, 0.15) is 26.7 Å². The van der Waals surface area contributed by atoms with E-state index < -0.39 is 10.0 Å². The Morgan fingerprint density at radius 1 is 1.23 bits per heavy atom. The summed E-state index contributed by atoms with van der Waals surface area (Å²) in [7, 11) is -1.61. The van der Waals surface area contributed by atoms with Crippen LogP contribution in [0.4, 0.5) is 0 Å². The van der Waals surface area contributed by atoms with Crippen LogP contribution in [0, 0.1) is 0 Å². The summed E-state index contributed by atoms with van der Waals surface area (Å²) in [6, 6.07) is 0.437. The van der Waals surface area contributed by atoms with Crippen molar-refractivity contribution in [2.45, 2.75) is 32.7 Å². The highest BCUT2D eigenvalue weighted by atomic mass is 32.2. The SMILES string of the molecule is CCC(CC)NCCS(=O)(=O)NC. The van der Waals surface area contributed by atoms with E-state index in [1.807, 2.05) is 0 Å². The summed E-state index contributed by atoms with van der Waals surface area (Å²) < 4.78 is 24.3. The first-order valence-electron chi connectivity index (χ1n) is 4.70. The maximum Gasteiger partial charge on any atom is 0.212 e. The van der Waals surface area contributed by atoms with Crippen LogP contribution in [0.15, 0.2) is 0 Å². The Morgan fingerprint density at radius 2 is 1.77 bits per heavy atom. The first-order chi connectivity index (χ1) is 6.05. The van der Waals surface area contributed by atoms with E-state index in [9.17, 15) is 8.42 Å². The van der Waals surface area contributed by atoms with Crippen molar-refractivity contribution in [2.24, 2.45) is 0 Å². The average Bonchev–Trinajstić information content (AvgIpc) is 2.12. The van der Waals surface area contributed by atoms with Gasteiger partial charge in [0.25, 0.3) is 0 Å². The van der Waals surface area contributed by atoms with Crippen LogP contribution in [-0.2, 0) is 10.0 Å². The van der Waals surface area contributed by atoms with Gasteiger partial charge in [-0.15, -0.1) is 0 Å². The lowest BCUT2D eigenvalue weighted by molar-refractivity contribution is 0.496. The molecule has 80 valence electrons. The standard InChI is InChI=1S/C8H20N2O2S/c1-4-8(5-2)10-6-7-13(11,12)9-3/h8-10H,4-7H2,1-3H3. The minimum Gasteiger partial charge on any atom is -0.313 e. The molecular formula is C8H20N2O2S. The van der Waals surface area contributed by atoms with Crippen LogP contribution in [0.3, 0.4) is 0 Å². The lowest BCUT2D eigenvalue weighted by Gasteiger charge is -2.14. The molecule has 0 aliphatic carbocycles. The van der Waals surface area contributed by atoms with Gasteiger partial charge in [0.1, 0.15) is 0 Å². The lowest BCUT2D eigenvalue weighted by atomic mass is 10.2. The average molecular weight is 208 g/mol. The molecular weight excluding hydrogens is 188 g/mol. The van der Waals surface area contributed by atoms with Crippen molar-refractivity contribution in [1.29, 1.82) is 0 Å². The minimum absolute atomic E-state index is 0.153. The third-order valence-corrected chi connectivity index (χ3v) is 3.46. The first-order valence-corrected chi connectivity index (χ1v) is 6.35. The Bertz CT molecular complexity index is 210. The maximum absolute atomic E-state index is 11.0. The van der Waals surface area contributed by atoms with E-state index in [2.05, 4.69) is 23.9 Å². The van der Waals surface area contributed by atoms with Gasteiger partial charge in [-0.25, -0.2) is 13.1 Å². The van der Waals surface area contributed by atoms with Gasteiger partial charge in [-0.2, -0.15) is 0 Å². The Hall–Kier alpha value is -0.130. The van der Waals surface area contributed by atoms with Crippen molar-refractivity contribution in [3.8, 4) is 0 Å². The third kappa shape index (κ3) is 6.01. The van der Waals surface area contributed by atoms with Crippen LogP contribution >= 0.6 is 0 Å². The molecule has 0 fully saturated rings. The first kappa shape index (κ1) is 12.9. The topological polar surface area (TPSA) is 58.2 Å². The molecule has 0 aliphatic heterocycles. The third-order valence-electron chi connectivity index (χ3n) is 2.10. The molecule has 0 amide bonds. The molecule has 4 nitrogen and oxygen atoms in total. The fraction of sp³-hybridized carbons (Fsp3) is 1.00. The quantitative estimate of drug-likeness (QED) is 0.633. The van der Waals surface area contributed by atoms with Gasteiger partial charge in [0.2, 0.25) is 10.0 Å². The van der Waals surface area contributed by atoms with Crippen LogP contribution in [0.5, 0.6) is 0 Å². The van der Waals surface area contributed by atoms with Gasteiger partial charge in [-0.1, -0.05) is 13.8 Å². The molecule has 0 heterocycles. The molecule has 0 rings (SSSR count). The second-order valence-corrected chi connectivity index (χ2v) is 5.04. The van der Waals surface area contributed by atoms with Gasteiger partial charge >= 0.3 is 0 Å². The van der Waals surface area contributed by atoms with Crippen molar-refractivity contribution in [3.63, 3.8) is 0 Å². The van der Waals surface area contributed by atoms with Crippen LogP contribution in [-0.4, -0.2) is 33.8 Å². The molecule has 5 heteroatoms. The van der Waals surface area contributed by atoms with Gasteiger partial charge in [-0.05, 0) is 19.9 Å². The molecule has 13 heavy (non-hydrogen) atoms. The summed E-state index contributed by atoms with van der Waals surface area (Å²) in [5.41, 5.74) is 0. The molecule has 0 aliphatic rings. The van der Waals surface area contributed by atoms with Gasteiger partial charge in [0, 0.05) is 12.6 Å². The van der Waals surface area contributed by atoms with E-state index in [0.29, 0.717) is 12.6 Å². The summed E-state index contributed by atoms with van der Waals surface area (Å²) in [5.74, 6) is 0.153. The van der Waals surface area contributed by atoms with E-state index >= 15 is 0 Å². The van der Waals surface area contributed by atoms with Gasteiger partial charge in [-0.3, -0.25) is 0 Å². The number of sulfonamides is 1. The van der Waals surface area contributed by atoms with Crippen LogP contribution < -0.4 is 10.0 Å². The maximum atomic E-state index is 11.0. The predicted molar refractivity (Wildman–Crippen MR) is 55.2 cm³/mol. The Morgan fingerprint density at radius 3 is 2.15 bits per heavy atom. The molecule has 0 spiro atoms. The van der Waals surface area contributed by atoms with Crippen molar-refractivity contribution < 1.29 is 8.42 Å². The van der Waals surface area contributed by atoms with E-state index in [1.165, 1.54) is 7.05 Å². The zero-order valence-corrected chi connectivity index (χ0v) is 9.45. The number of hydrogen-bond acceptors (Lipinski definition) is 3. The van der Waals surface area contributed by atoms with Gasteiger partial charge in [0.15, 0.2) is 0 Å². The summed E-state index contributed by atoms with van der Waals surface area (Å²) in [5, 5.41) is 3.19. The zero-order valence-electron chi connectivity index (χ0n) is 8.63. The Kier molecular flexibility index (Phi) is 6.28. The Labute approximate surface area is 81.2 Å². The Balaban J connectivity index is 3.67. The van der Waals surface area contributed by atoms with E-state index in [-0.39, 0.29) is 5.75 Å². The fourth-order valence-corrected chi connectivity index (χ4v) is 1.67. The fourth-order valence-electron chi connectivity index (χ4n) is 1.08. The predicted octanol–water partition coefficient (Wildman–Crippen LogP) is 0.314. The number of nitrogens with one attached hydrogen (secondary N) is 2. The molecule has 0 bridgehead atoms. The highest BCUT2D eigenvalue weighted by Crippen LogP contribution is 1.95. The summed E-state index contributed by atoms with van der Waals surface area (Å²) in [6.07, 6.45) is 2.08. The van der Waals surface area contributed by atoms with E-state index in [0.717, 1.165) is 12.8 Å². The van der Waals surface area contributed by atoms with Crippen molar-refractivity contribution in [1.82, 2.24) is 10.0 Å². The molecule has 0 aromatic heterocycles. The lowest BCUT2D eigenvalue weighted by Crippen LogP contribution is -2.35. The van der Waals surface area contributed by atoms with Crippen LogP contribution in [0.2, 0.25) is 0 Å². The minimum atomic E-state index is -3.04. The molecule has 0 unspecified atom stereocenters. The smallest absolute Gasteiger partial charge is 0.212 e. The zero-order chi connectivity index (χ0) is 10.3. The highest BCUT2D eigenvalue weighted by Gasteiger charge is 2.07. The number of hydrogen-bond donors (Lipinski definition) is 2. The summed E-state index contributed by atoms with van der Waals surface area (Å²) in [4.78, 5) is 0. The second-order valence-electron chi connectivity index (χ2n) is 2.99. The van der Waals surface area contributed by atoms with Crippen molar-refractivity contribution in [2.75, 3.05) is 19.3 Å². The molecule has 0 saturated carbocycles. The normalized spacial score (nSPS) is 12.3.